The number of nitrogens with zero attached hydrogens (tertiary/aromatic N) is 1. The molecule has 1 heterocycles. The number of carbonyl (C=O) groups is 4. The van der Waals surface area contributed by atoms with Crippen LogP contribution in [0.25, 0.3) is 0 Å². The van der Waals surface area contributed by atoms with Gasteiger partial charge in [0.15, 0.2) is 6.61 Å². The number of rotatable bonds is 7. The molecule has 2 fully saturated rings. The van der Waals surface area contributed by atoms with Crippen LogP contribution in [-0.4, -0.2) is 47.4 Å². The first-order chi connectivity index (χ1) is 12.8. The standard InChI is InChI=1S/C18H20ClN3O5/c1-18(12-4-5-12)16(25)22(17(26)21-18)9-15(24)27-10-14(23)20-8-11-2-6-13(19)7-3-11/h2-3,6-7,12H,4-5,8-10H2,1H3,(H,20,23)(H,21,26)/t18-/m0/s1. The monoisotopic (exact) mass is 393 g/mol. The Balaban J connectivity index is 1.42. The highest BCUT2D eigenvalue weighted by atomic mass is 35.5. The van der Waals surface area contributed by atoms with Gasteiger partial charge in [0.2, 0.25) is 0 Å². The molecular formula is C18H20ClN3O5. The van der Waals surface area contributed by atoms with Gasteiger partial charge < -0.3 is 15.4 Å². The van der Waals surface area contributed by atoms with E-state index in [0.29, 0.717) is 5.02 Å². The Labute approximate surface area is 161 Å². The zero-order valence-electron chi connectivity index (χ0n) is 14.8. The summed E-state index contributed by atoms with van der Waals surface area (Å²) in [6.07, 6.45) is 1.74. The SMILES string of the molecule is C[C@@]1(C2CC2)NC(=O)N(CC(=O)OCC(=O)NCc2ccc(Cl)cc2)C1=O. The van der Waals surface area contributed by atoms with E-state index in [2.05, 4.69) is 10.6 Å². The summed E-state index contributed by atoms with van der Waals surface area (Å²) in [5, 5.41) is 5.84. The van der Waals surface area contributed by atoms with E-state index in [-0.39, 0.29) is 12.5 Å². The number of amides is 4. The van der Waals surface area contributed by atoms with E-state index in [1.165, 1.54) is 0 Å². The first kappa shape index (κ1) is 19.2. The second-order valence-electron chi connectivity index (χ2n) is 6.86. The van der Waals surface area contributed by atoms with Crippen LogP contribution in [0.1, 0.15) is 25.3 Å². The fourth-order valence-electron chi connectivity index (χ4n) is 2.97. The van der Waals surface area contributed by atoms with E-state index in [9.17, 15) is 19.2 Å². The molecule has 4 amide bonds. The van der Waals surface area contributed by atoms with Crippen molar-refractivity contribution in [3.8, 4) is 0 Å². The van der Waals surface area contributed by atoms with Crippen LogP contribution in [0.2, 0.25) is 5.02 Å². The number of halogens is 1. The van der Waals surface area contributed by atoms with Crippen molar-refractivity contribution in [1.82, 2.24) is 15.5 Å². The van der Waals surface area contributed by atoms with Crippen LogP contribution in [0, 0.1) is 5.92 Å². The van der Waals surface area contributed by atoms with E-state index < -0.39 is 42.5 Å². The average Bonchev–Trinajstić information content (AvgIpc) is 3.46. The number of hydrogen-bond donors (Lipinski definition) is 2. The highest BCUT2D eigenvalue weighted by Gasteiger charge is 2.56. The van der Waals surface area contributed by atoms with E-state index in [1.54, 1.807) is 31.2 Å². The molecule has 1 saturated carbocycles. The van der Waals surface area contributed by atoms with Crippen LogP contribution in [0.4, 0.5) is 4.79 Å². The van der Waals surface area contributed by atoms with Crippen molar-refractivity contribution >= 4 is 35.4 Å². The molecule has 1 atom stereocenters. The molecule has 1 aliphatic heterocycles. The predicted octanol–water partition coefficient (Wildman–Crippen LogP) is 1.22. The summed E-state index contributed by atoms with van der Waals surface area (Å²) in [5.41, 5.74) is -0.106. The molecule has 2 aliphatic rings. The van der Waals surface area contributed by atoms with Crippen molar-refractivity contribution in [1.29, 1.82) is 0 Å². The Kier molecular flexibility index (Phi) is 5.36. The molecule has 144 valence electrons. The molecule has 2 N–H and O–H groups in total. The number of esters is 1. The average molecular weight is 394 g/mol. The summed E-state index contributed by atoms with van der Waals surface area (Å²) in [7, 11) is 0. The van der Waals surface area contributed by atoms with Gasteiger partial charge in [-0.2, -0.15) is 0 Å². The maximum atomic E-state index is 12.4. The molecule has 1 aromatic carbocycles. The lowest BCUT2D eigenvalue weighted by atomic mass is 9.96. The Morgan fingerprint density at radius 1 is 1.30 bits per heavy atom. The lowest BCUT2D eigenvalue weighted by Crippen LogP contribution is -2.46. The minimum atomic E-state index is -0.951. The summed E-state index contributed by atoms with van der Waals surface area (Å²) < 4.78 is 4.87. The third-order valence-electron chi connectivity index (χ3n) is 4.75. The van der Waals surface area contributed by atoms with Crippen LogP contribution >= 0.6 is 11.6 Å². The van der Waals surface area contributed by atoms with Crippen molar-refractivity contribution in [2.75, 3.05) is 13.2 Å². The van der Waals surface area contributed by atoms with Gasteiger partial charge in [-0.3, -0.25) is 19.3 Å². The number of carbonyl (C=O) groups excluding carboxylic acids is 4. The first-order valence-electron chi connectivity index (χ1n) is 8.60. The second kappa shape index (κ2) is 7.56. The Morgan fingerprint density at radius 3 is 2.59 bits per heavy atom. The molecule has 1 aliphatic carbocycles. The highest BCUT2D eigenvalue weighted by Crippen LogP contribution is 2.42. The number of nitrogens with one attached hydrogen (secondary N) is 2. The van der Waals surface area contributed by atoms with Gasteiger partial charge in [-0.05, 0) is 43.4 Å². The van der Waals surface area contributed by atoms with Crippen LogP contribution in [-0.2, 0) is 25.7 Å². The molecule has 0 unspecified atom stereocenters. The smallest absolute Gasteiger partial charge is 0.326 e. The highest BCUT2D eigenvalue weighted by molar-refractivity contribution is 6.30. The maximum Gasteiger partial charge on any atom is 0.326 e. The Hall–Kier alpha value is -2.61. The molecule has 8 nitrogen and oxygen atoms in total. The van der Waals surface area contributed by atoms with Gasteiger partial charge in [-0.15, -0.1) is 0 Å². The summed E-state index contributed by atoms with van der Waals surface area (Å²) in [6, 6.07) is 6.33. The molecule has 0 spiro atoms. The van der Waals surface area contributed by atoms with Crippen LogP contribution in [0.5, 0.6) is 0 Å². The fraction of sp³-hybridized carbons (Fsp3) is 0.444. The minimum Gasteiger partial charge on any atom is -0.454 e. The summed E-state index contributed by atoms with van der Waals surface area (Å²) in [5.74, 6) is -1.63. The van der Waals surface area contributed by atoms with E-state index >= 15 is 0 Å². The van der Waals surface area contributed by atoms with Crippen molar-refractivity contribution < 1.29 is 23.9 Å². The molecule has 1 aromatic rings. The summed E-state index contributed by atoms with van der Waals surface area (Å²) >= 11 is 5.79. The Bertz CT molecular complexity index is 778. The zero-order chi connectivity index (χ0) is 19.6. The van der Waals surface area contributed by atoms with Crippen molar-refractivity contribution in [2.45, 2.75) is 31.8 Å². The van der Waals surface area contributed by atoms with E-state index in [4.69, 9.17) is 16.3 Å². The molecule has 27 heavy (non-hydrogen) atoms. The number of imide groups is 1. The fourth-order valence-corrected chi connectivity index (χ4v) is 3.10. The third-order valence-corrected chi connectivity index (χ3v) is 5.00. The van der Waals surface area contributed by atoms with Gasteiger partial charge in [-0.1, -0.05) is 23.7 Å². The van der Waals surface area contributed by atoms with Gasteiger partial charge >= 0.3 is 12.0 Å². The number of ether oxygens (including phenoxy) is 1. The topological polar surface area (TPSA) is 105 Å². The second-order valence-corrected chi connectivity index (χ2v) is 7.30. The van der Waals surface area contributed by atoms with Crippen molar-refractivity contribution in [3.05, 3.63) is 34.9 Å². The minimum absolute atomic E-state index is 0.105. The summed E-state index contributed by atoms with van der Waals surface area (Å²) in [4.78, 5) is 48.9. The largest absolute Gasteiger partial charge is 0.454 e. The molecule has 9 heteroatoms. The quantitative estimate of drug-likeness (QED) is 0.535. The van der Waals surface area contributed by atoms with Gasteiger partial charge in [0, 0.05) is 11.6 Å². The van der Waals surface area contributed by atoms with E-state index in [1.807, 2.05) is 0 Å². The molecule has 0 bridgehead atoms. The zero-order valence-corrected chi connectivity index (χ0v) is 15.5. The molecule has 0 aromatic heterocycles. The lowest BCUT2D eigenvalue weighted by molar-refractivity contribution is -0.151. The van der Waals surface area contributed by atoms with Crippen LogP contribution in [0.15, 0.2) is 24.3 Å². The van der Waals surface area contributed by atoms with Gasteiger partial charge in [0.05, 0.1) is 0 Å². The summed E-state index contributed by atoms with van der Waals surface area (Å²) in [6.45, 7) is 0.925. The normalized spacial score (nSPS) is 21.8. The molecule has 1 saturated heterocycles. The molecule has 3 rings (SSSR count). The predicted molar refractivity (Wildman–Crippen MR) is 95.6 cm³/mol. The van der Waals surface area contributed by atoms with Gasteiger partial charge in [0.1, 0.15) is 12.1 Å². The van der Waals surface area contributed by atoms with Gasteiger partial charge in [0.25, 0.3) is 11.8 Å². The number of urea groups is 1. The number of hydrogen-bond acceptors (Lipinski definition) is 5. The van der Waals surface area contributed by atoms with Crippen molar-refractivity contribution in [3.63, 3.8) is 0 Å². The van der Waals surface area contributed by atoms with Crippen molar-refractivity contribution in [2.24, 2.45) is 5.92 Å². The maximum absolute atomic E-state index is 12.4. The molecular weight excluding hydrogens is 374 g/mol. The van der Waals surface area contributed by atoms with Crippen LogP contribution in [0.3, 0.4) is 0 Å². The number of benzene rings is 1. The van der Waals surface area contributed by atoms with E-state index in [0.717, 1.165) is 23.3 Å². The molecule has 0 radical (unpaired) electrons. The van der Waals surface area contributed by atoms with Gasteiger partial charge in [-0.25, -0.2) is 4.79 Å². The van der Waals surface area contributed by atoms with Crippen LogP contribution < -0.4 is 10.6 Å². The Morgan fingerprint density at radius 2 is 1.96 bits per heavy atom. The lowest BCUT2D eigenvalue weighted by Gasteiger charge is -2.20. The first-order valence-corrected chi connectivity index (χ1v) is 8.98. The third kappa shape index (κ3) is 4.39.